The molecule has 1 saturated heterocycles. The molecular weight excluding hydrogens is 260 g/mol. The van der Waals surface area contributed by atoms with Gasteiger partial charge in [0.2, 0.25) is 0 Å². The molecule has 0 bridgehead atoms. The zero-order valence-corrected chi connectivity index (χ0v) is 12.5. The Labute approximate surface area is 126 Å². The Morgan fingerprint density at radius 2 is 1.86 bits per heavy atom. The number of aryl methyl sites for hydroxylation is 1. The standard InChI is InChI=1S/C17H22N4/c1-13-19-16(18)12-17(20-13)21-9-7-15(8-10-21)11-14-5-3-2-4-6-14/h2-6,12,15H,7-11H2,1H3,(H2,18,19,20). The highest BCUT2D eigenvalue weighted by molar-refractivity contribution is 5.47. The number of hydrogen-bond acceptors (Lipinski definition) is 4. The van der Waals surface area contributed by atoms with Crippen LogP contribution in [0.4, 0.5) is 11.6 Å². The second-order valence-corrected chi connectivity index (χ2v) is 5.82. The fraction of sp³-hybridized carbons (Fsp3) is 0.412. The molecule has 4 heteroatoms. The molecule has 1 aromatic carbocycles. The molecule has 1 fully saturated rings. The Hall–Kier alpha value is -2.10. The highest BCUT2D eigenvalue weighted by atomic mass is 15.2. The van der Waals surface area contributed by atoms with Crippen LogP contribution in [0, 0.1) is 12.8 Å². The predicted octanol–water partition coefficient (Wildman–Crippen LogP) is 2.83. The average Bonchev–Trinajstić information content (AvgIpc) is 2.48. The van der Waals surface area contributed by atoms with Crippen LogP contribution >= 0.6 is 0 Å². The van der Waals surface area contributed by atoms with Gasteiger partial charge in [0.1, 0.15) is 17.5 Å². The van der Waals surface area contributed by atoms with Crippen molar-refractivity contribution >= 4 is 11.6 Å². The molecular formula is C17H22N4. The summed E-state index contributed by atoms with van der Waals surface area (Å²) in [6, 6.07) is 12.6. The van der Waals surface area contributed by atoms with Crippen LogP contribution in [0.15, 0.2) is 36.4 Å². The summed E-state index contributed by atoms with van der Waals surface area (Å²) in [7, 11) is 0. The van der Waals surface area contributed by atoms with Gasteiger partial charge in [-0.15, -0.1) is 0 Å². The van der Waals surface area contributed by atoms with E-state index in [-0.39, 0.29) is 0 Å². The molecule has 0 atom stereocenters. The summed E-state index contributed by atoms with van der Waals surface area (Å²) in [6.07, 6.45) is 3.59. The third-order valence-corrected chi connectivity index (χ3v) is 4.15. The molecule has 0 saturated carbocycles. The van der Waals surface area contributed by atoms with E-state index in [2.05, 4.69) is 45.2 Å². The van der Waals surface area contributed by atoms with Gasteiger partial charge >= 0.3 is 0 Å². The lowest BCUT2D eigenvalue weighted by Crippen LogP contribution is -2.35. The summed E-state index contributed by atoms with van der Waals surface area (Å²) >= 11 is 0. The first-order valence-corrected chi connectivity index (χ1v) is 7.61. The molecule has 2 heterocycles. The largest absolute Gasteiger partial charge is 0.384 e. The molecule has 1 aliphatic rings. The van der Waals surface area contributed by atoms with Crippen molar-refractivity contribution in [2.75, 3.05) is 23.7 Å². The number of nitrogen functional groups attached to an aromatic ring is 1. The Morgan fingerprint density at radius 3 is 2.52 bits per heavy atom. The van der Waals surface area contributed by atoms with Gasteiger partial charge < -0.3 is 10.6 Å². The van der Waals surface area contributed by atoms with Gasteiger partial charge in [0, 0.05) is 19.2 Å². The first-order chi connectivity index (χ1) is 10.2. The minimum absolute atomic E-state index is 0.559. The summed E-state index contributed by atoms with van der Waals surface area (Å²) in [5, 5.41) is 0. The average molecular weight is 282 g/mol. The van der Waals surface area contributed by atoms with E-state index in [0.29, 0.717) is 5.82 Å². The number of benzene rings is 1. The molecule has 1 aliphatic heterocycles. The molecule has 0 unspecified atom stereocenters. The quantitative estimate of drug-likeness (QED) is 0.940. The van der Waals surface area contributed by atoms with Crippen molar-refractivity contribution in [2.24, 2.45) is 5.92 Å². The minimum Gasteiger partial charge on any atom is -0.384 e. The van der Waals surface area contributed by atoms with E-state index in [1.807, 2.05) is 13.0 Å². The van der Waals surface area contributed by atoms with Gasteiger partial charge in [0.05, 0.1) is 0 Å². The number of piperidine rings is 1. The molecule has 0 aliphatic carbocycles. The number of anilines is 2. The highest BCUT2D eigenvalue weighted by Crippen LogP contribution is 2.25. The van der Waals surface area contributed by atoms with Crippen LogP contribution in [0.1, 0.15) is 24.2 Å². The Bertz CT molecular complexity index is 569. The number of aromatic nitrogens is 2. The number of nitrogens with two attached hydrogens (primary N) is 1. The summed E-state index contributed by atoms with van der Waals surface area (Å²) < 4.78 is 0. The first kappa shape index (κ1) is 13.9. The third-order valence-electron chi connectivity index (χ3n) is 4.15. The molecule has 110 valence electrons. The fourth-order valence-corrected chi connectivity index (χ4v) is 3.05. The van der Waals surface area contributed by atoms with Crippen LogP contribution in [0.25, 0.3) is 0 Å². The second kappa shape index (κ2) is 6.12. The predicted molar refractivity (Wildman–Crippen MR) is 86.3 cm³/mol. The monoisotopic (exact) mass is 282 g/mol. The molecule has 0 radical (unpaired) electrons. The van der Waals surface area contributed by atoms with Crippen molar-refractivity contribution in [2.45, 2.75) is 26.2 Å². The summed E-state index contributed by atoms with van der Waals surface area (Å²) in [4.78, 5) is 11.0. The maximum atomic E-state index is 5.82. The van der Waals surface area contributed by atoms with Gasteiger partial charge in [-0.3, -0.25) is 0 Å². The van der Waals surface area contributed by atoms with Gasteiger partial charge in [-0.2, -0.15) is 0 Å². The van der Waals surface area contributed by atoms with Gasteiger partial charge in [-0.05, 0) is 37.7 Å². The maximum absolute atomic E-state index is 5.82. The Balaban J connectivity index is 1.60. The molecule has 3 rings (SSSR count). The van der Waals surface area contributed by atoms with Crippen LogP contribution in [0.2, 0.25) is 0 Å². The molecule has 4 nitrogen and oxygen atoms in total. The molecule has 21 heavy (non-hydrogen) atoms. The minimum atomic E-state index is 0.559. The number of hydrogen-bond donors (Lipinski definition) is 1. The smallest absolute Gasteiger partial charge is 0.134 e. The van der Waals surface area contributed by atoms with Crippen molar-refractivity contribution < 1.29 is 0 Å². The zero-order chi connectivity index (χ0) is 14.7. The second-order valence-electron chi connectivity index (χ2n) is 5.82. The molecule has 2 N–H and O–H groups in total. The summed E-state index contributed by atoms with van der Waals surface area (Å²) in [5.41, 5.74) is 7.26. The lowest BCUT2D eigenvalue weighted by Gasteiger charge is -2.33. The summed E-state index contributed by atoms with van der Waals surface area (Å²) in [5.74, 6) is 3.04. The van der Waals surface area contributed by atoms with Crippen molar-refractivity contribution in [1.29, 1.82) is 0 Å². The van der Waals surface area contributed by atoms with Gasteiger partial charge in [0.15, 0.2) is 0 Å². The topological polar surface area (TPSA) is 55.0 Å². The highest BCUT2D eigenvalue weighted by Gasteiger charge is 2.20. The number of rotatable bonds is 3. The van der Waals surface area contributed by atoms with Crippen molar-refractivity contribution in [3.8, 4) is 0 Å². The van der Waals surface area contributed by atoms with E-state index in [4.69, 9.17) is 5.73 Å². The van der Waals surface area contributed by atoms with Crippen molar-refractivity contribution in [3.05, 3.63) is 47.8 Å². The van der Waals surface area contributed by atoms with Crippen LogP contribution < -0.4 is 10.6 Å². The third kappa shape index (κ3) is 3.51. The normalized spacial score (nSPS) is 16.1. The van der Waals surface area contributed by atoms with Gasteiger partial charge in [0.25, 0.3) is 0 Å². The van der Waals surface area contributed by atoms with Crippen molar-refractivity contribution in [3.63, 3.8) is 0 Å². The van der Waals surface area contributed by atoms with E-state index < -0.39 is 0 Å². The van der Waals surface area contributed by atoms with Crippen LogP contribution in [-0.4, -0.2) is 23.1 Å². The van der Waals surface area contributed by atoms with E-state index >= 15 is 0 Å². The van der Waals surface area contributed by atoms with E-state index in [1.54, 1.807) is 0 Å². The molecule has 2 aromatic rings. The molecule has 0 amide bonds. The van der Waals surface area contributed by atoms with Crippen LogP contribution in [-0.2, 0) is 6.42 Å². The van der Waals surface area contributed by atoms with Crippen molar-refractivity contribution in [1.82, 2.24) is 9.97 Å². The van der Waals surface area contributed by atoms with Crippen LogP contribution in [0.3, 0.4) is 0 Å². The molecule has 1 aromatic heterocycles. The zero-order valence-electron chi connectivity index (χ0n) is 12.5. The lowest BCUT2D eigenvalue weighted by atomic mass is 9.90. The SMILES string of the molecule is Cc1nc(N)cc(N2CCC(Cc3ccccc3)CC2)n1. The lowest BCUT2D eigenvalue weighted by molar-refractivity contribution is 0.402. The number of nitrogens with zero attached hydrogens (tertiary/aromatic N) is 3. The Kier molecular flexibility index (Phi) is 4.04. The van der Waals surface area contributed by atoms with E-state index in [9.17, 15) is 0 Å². The first-order valence-electron chi connectivity index (χ1n) is 7.61. The van der Waals surface area contributed by atoms with Crippen LogP contribution in [0.5, 0.6) is 0 Å². The fourth-order valence-electron chi connectivity index (χ4n) is 3.05. The van der Waals surface area contributed by atoms with Gasteiger partial charge in [-0.1, -0.05) is 30.3 Å². The molecule has 0 spiro atoms. The maximum Gasteiger partial charge on any atom is 0.134 e. The summed E-state index contributed by atoms with van der Waals surface area (Å²) in [6.45, 7) is 3.99. The Morgan fingerprint density at radius 1 is 1.14 bits per heavy atom. The van der Waals surface area contributed by atoms with E-state index in [0.717, 1.165) is 30.6 Å². The van der Waals surface area contributed by atoms with E-state index in [1.165, 1.54) is 24.8 Å². The van der Waals surface area contributed by atoms with Gasteiger partial charge in [-0.25, -0.2) is 9.97 Å².